The zero-order valence-electron chi connectivity index (χ0n) is 14.3. The van der Waals surface area contributed by atoms with E-state index in [-0.39, 0.29) is 5.91 Å². The van der Waals surface area contributed by atoms with Crippen molar-refractivity contribution >= 4 is 11.7 Å². The second-order valence-corrected chi connectivity index (χ2v) is 6.35. The van der Waals surface area contributed by atoms with Gasteiger partial charge in [0.25, 0.3) is 5.91 Å². The van der Waals surface area contributed by atoms with Crippen molar-refractivity contribution in [3.8, 4) is 11.1 Å². The molecule has 3 heterocycles. The van der Waals surface area contributed by atoms with E-state index in [0.717, 1.165) is 29.8 Å². The second kappa shape index (κ2) is 7.39. The third kappa shape index (κ3) is 3.44. The number of rotatable bonds is 4. The van der Waals surface area contributed by atoms with Crippen molar-refractivity contribution in [1.82, 2.24) is 15.1 Å². The molecule has 1 fully saturated rings. The smallest absolute Gasteiger partial charge is 0.290 e. The van der Waals surface area contributed by atoms with E-state index < -0.39 is 0 Å². The minimum absolute atomic E-state index is 0.0493. The third-order valence-corrected chi connectivity index (χ3v) is 4.65. The van der Waals surface area contributed by atoms with Gasteiger partial charge >= 0.3 is 0 Å². The van der Waals surface area contributed by atoms with Crippen LogP contribution in [0.5, 0.6) is 0 Å². The number of carbonyl (C=O) groups is 1. The first-order chi connectivity index (χ1) is 12.8. The summed E-state index contributed by atoms with van der Waals surface area (Å²) in [6, 6.07) is 15.7. The Morgan fingerprint density at radius 2 is 1.88 bits per heavy atom. The Hall–Kier alpha value is -3.15. The first-order valence-electron chi connectivity index (χ1n) is 8.78. The monoisotopic (exact) mass is 348 g/mol. The van der Waals surface area contributed by atoms with Gasteiger partial charge in [-0.15, -0.1) is 5.10 Å². The number of furan rings is 1. The van der Waals surface area contributed by atoms with Gasteiger partial charge in [-0.1, -0.05) is 30.3 Å². The van der Waals surface area contributed by atoms with Gasteiger partial charge in [0.15, 0.2) is 5.76 Å². The second-order valence-electron chi connectivity index (χ2n) is 6.35. The highest BCUT2D eigenvalue weighted by Crippen LogP contribution is 2.27. The van der Waals surface area contributed by atoms with Crippen LogP contribution in [0, 0.1) is 0 Å². The van der Waals surface area contributed by atoms with Crippen LogP contribution < -0.4 is 5.32 Å². The van der Waals surface area contributed by atoms with Crippen molar-refractivity contribution in [1.29, 1.82) is 0 Å². The maximum atomic E-state index is 12.9. The average molecular weight is 348 g/mol. The fourth-order valence-electron chi connectivity index (χ4n) is 3.28. The van der Waals surface area contributed by atoms with E-state index in [0.29, 0.717) is 24.9 Å². The van der Waals surface area contributed by atoms with Crippen molar-refractivity contribution in [2.75, 3.05) is 18.4 Å². The maximum Gasteiger partial charge on any atom is 0.290 e. The van der Waals surface area contributed by atoms with Gasteiger partial charge in [-0.2, -0.15) is 5.10 Å². The summed E-state index contributed by atoms with van der Waals surface area (Å²) >= 11 is 0. The van der Waals surface area contributed by atoms with Gasteiger partial charge < -0.3 is 14.6 Å². The summed E-state index contributed by atoms with van der Waals surface area (Å²) in [6.45, 7) is 1.37. The van der Waals surface area contributed by atoms with Gasteiger partial charge in [0.05, 0.1) is 6.26 Å². The van der Waals surface area contributed by atoms with Crippen LogP contribution in [0.2, 0.25) is 0 Å². The molecule has 0 bridgehead atoms. The van der Waals surface area contributed by atoms with Gasteiger partial charge in [0.2, 0.25) is 0 Å². The molecule has 1 amide bonds. The van der Waals surface area contributed by atoms with Crippen LogP contribution in [0.25, 0.3) is 11.1 Å². The summed E-state index contributed by atoms with van der Waals surface area (Å²) in [5.74, 6) is 1.14. The lowest BCUT2D eigenvalue weighted by atomic mass is 10.0. The minimum Gasteiger partial charge on any atom is -0.459 e. The zero-order chi connectivity index (χ0) is 17.8. The molecule has 0 radical (unpaired) electrons. The molecule has 1 N–H and O–H groups in total. The maximum absolute atomic E-state index is 12.9. The molecule has 6 heteroatoms. The molecule has 0 saturated carbocycles. The third-order valence-electron chi connectivity index (χ3n) is 4.65. The van der Waals surface area contributed by atoms with E-state index in [9.17, 15) is 4.79 Å². The first kappa shape index (κ1) is 16.3. The molecule has 1 saturated heterocycles. The van der Waals surface area contributed by atoms with E-state index in [1.165, 1.54) is 0 Å². The molecule has 0 aliphatic carbocycles. The van der Waals surface area contributed by atoms with Crippen molar-refractivity contribution in [2.45, 2.75) is 18.9 Å². The number of aromatic nitrogens is 2. The predicted octanol–water partition coefficient (Wildman–Crippen LogP) is 3.45. The van der Waals surface area contributed by atoms with E-state index in [1.54, 1.807) is 12.5 Å². The van der Waals surface area contributed by atoms with Gasteiger partial charge in [0, 0.05) is 30.9 Å². The average Bonchev–Trinajstić information content (AvgIpc) is 3.19. The molecule has 1 aromatic carbocycles. The van der Waals surface area contributed by atoms with Crippen LogP contribution >= 0.6 is 0 Å². The molecule has 1 aliphatic rings. The highest BCUT2D eigenvalue weighted by molar-refractivity contribution is 5.98. The fourth-order valence-corrected chi connectivity index (χ4v) is 3.28. The van der Waals surface area contributed by atoms with E-state index in [1.807, 2.05) is 53.4 Å². The molecular formula is C20H20N4O2. The molecule has 6 nitrogen and oxygen atoms in total. The predicted molar refractivity (Wildman–Crippen MR) is 98.7 cm³/mol. The molecular weight excluding hydrogens is 328 g/mol. The molecule has 1 aliphatic heterocycles. The van der Waals surface area contributed by atoms with Crippen LogP contribution in [0.15, 0.2) is 65.4 Å². The topological polar surface area (TPSA) is 71.3 Å². The summed E-state index contributed by atoms with van der Waals surface area (Å²) in [5.41, 5.74) is 1.83. The number of hydrogen-bond acceptors (Lipinski definition) is 5. The molecule has 0 unspecified atom stereocenters. The standard InChI is InChI=1S/C20H20N4O2/c25-20(19-17(10-14-26-19)15-5-2-1-3-6-15)24-12-8-16(9-13-24)22-18-7-4-11-21-23-18/h1-7,10-11,14,16H,8-9,12-13H2,(H,22,23). The normalized spacial score (nSPS) is 15.0. The molecule has 2 aromatic heterocycles. The Morgan fingerprint density at radius 1 is 1.08 bits per heavy atom. The molecule has 3 aromatic rings. The summed E-state index contributed by atoms with van der Waals surface area (Å²) < 4.78 is 5.53. The Bertz CT molecular complexity index is 856. The van der Waals surface area contributed by atoms with E-state index >= 15 is 0 Å². The van der Waals surface area contributed by atoms with Gasteiger partial charge in [-0.25, -0.2) is 0 Å². The largest absolute Gasteiger partial charge is 0.459 e. The highest BCUT2D eigenvalue weighted by Gasteiger charge is 2.27. The van der Waals surface area contributed by atoms with Crippen molar-refractivity contribution in [2.24, 2.45) is 0 Å². The number of nitrogens with one attached hydrogen (secondary N) is 1. The van der Waals surface area contributed by atoms with Crippen LogP contribution in [0.3, 0.4) is 0 Å². The number of amides is 1. The van der Waals surface area contributed by atoms with Gasteiger partial charge in [0.1, 0.15) is 5.82 Å². The summed E-state index contributed by atoms with van der Waals surface area (Å²) in [4.78, 5) is 14.8. The number of likely N-dealkylation sites (tertiary alicyclic amines) is 1. The molecule has 0 spiro atoms. The summed E-state index contributed by atoms with van der Waals surface area (Å²) in [5, 5.41) is 11.3. The van der Waals surface area contributed by atoms with Gasteiger partial charge in [-0.05, 0) is 36.6 Å². The van der Waals surface area contributed by atoms with Crippen molar-refractivity contribution in [3.05, 3.63) is 66.8 Å². The number of hydrogen-bond donors (Lipinski definition) is 1. The van der Waals surface area contributed by atoms with Crippen LogP contribution in [0.1, 0.15) is 23.4 Å². The van der Waals surface area contributed by atoms with Crippen molar-refractivity contribution < 1.29 is 9.21 Å². The SMILES string of the molecule is O=C(c1occc1-c1ccccc1)N1CCC(Nc2cccnn2)CC1. The Labute approximate surface area is 151 Å². The Kier molecular flexibility index (Phi) is 4.64. The lowest BCUT2D eigenvalue weighted by Gasteiger charge is -2.32. The lowest BCUT2D eigenvalue weighted by molar-refractivity contribution is 0.0687. The van der Waals surface area contributed by atoms with Crippen LogP contribution in [0.4, 0.5) is 5.82 Å². The summed E-state index contributed by atoms with van der Waals surface area (Å²) in [6.07, 6.45) is 4.96. The number of piperidine rings is 1. The summed E-state index contributed by atoms with van der Waals surface area (Å²) in [7, 11) is 0. The zero-order valence-corrected chi connectivity index (χ0v) is 14.3. The number of nitrogens with zero attached hydrogens (tertiary/aromatic N) is 3. The van der Waals surface area contributed by atoms with Gasteiger partial charge in [-0.3, -0.25) is 4.79 Å². The lowest BCUT2D eigenvalue weighted by Crippen LogP contribution is -2.42. The number of carbonyl (C=O) groups excluding carboxylic acids is 1. The minimum atomic E-state index is -0.0493. The molecule has 4 rings (SSSR count). The van der Waals surface area contributed by atoms with E-state index in [2.05, 4.69) is 15.5 Å². The molecule has 0 atom stereocenters. The number of anilines is 1. The fraction of sp³-hybridized carbons (Fsp3) is 0.250. The Balaban J connectivity index is 1.41. The Morgan fingerprint density at radius 3 is 2.62 bits per heavy atom. The number of benzene rings is 1. The van der Waals surface area contributed by atoms with Crippen LogP contribution in [-0.2, 0) is 0 Å². The molecule has 26 heavy (non-hydrogen) atoms. The van der Waals surface area contributed by atoms with Crippen LogP contribution in [-0.4, -0.2) is 40.1 Å². The quantitative estimate of drug-likeness (QED) is 0.782. The van der Waals surface area contributed by atoms with Crippen molar-refractivity contribution in [3.63, 3.8) is 0 Å². The first-order valence-corrected chi connectivity index (χ1v) is 8.78. The molecule has 132 valence electrons. The van der Waals surface area contributed by atoms with E-state index in [4.69, 9.17) is 4.42 Å². The highest BCUT2D eigenvalue weighted by atomic mass is 16.3.